The van der Waals surface area contributed by atoms with Crippen molar-refractivity contribution in [2.45, 2.75) is 0 Å². The fourth-order valence-electron chi connectivity index (χ4n) is 0.672. The van der Waals surface area contributed by atoms with Gasteiger partial charge in [0.15, 0.2) is 0 Å². The standard InChI is InChI=1S/C9H10O.C2H4O.3Na.H3O4P/c1-2-8-10-9-6-4-3-5-7-9;1-2-3-1;;;;1-5(2,3)4/h2-7H,1,8H2;1-2H2;;;;(H3,1,2,3,4)/q;;3*+1;/p-3. The van der Waals surface area contributed by atoms with E-state index in [4.69, 9.17) is 24.0 Å². The summed E-state index contributed by atoms with van der Waals surface area (Å²) in [5.74, 6) is 0.891. The van der Waals surface area contributed by atoms with Crippen molar-refractivity contribution in [1.29, 1.82) is 0 Å². The van der Waals surface area contributed by atoms with Crippen LogP contribution >= 0.6 is 7.82 Å². The average molecular weight is 342 g/mol. The molecule has 21 heavy (non-hydrogen) atoms. The third kappa shape index (κ3) is 39.0. The van der Waals surface area contributed by atoms with E-state index >= 15 is 0 Å². The molecule has 0 amide bonds. The molecule has 0 atom stereocenters. The van der Waals surface area contributed by atoms with Gasteiger partial charge in [0, 0.05) is 0 Å². The second kappa shape index (κ2) is 19.9. The van der Waals surface area contributed by atoms with Gasteiger partial charge in [0.05, 0.1) is 13.2 Å². The van der Waals surface area contributed by atoms with Gasteiger partial charge in [-0.1, -0.05) is 30.9 Å². The van der Waals surface area contributed by atoms with Crippen molar-refractivity contribution in [2.75, 3.05) is 19.8 Å². The zero-order valence-electron chi connectivity index (χ0n) is 12.7. The molecular formula is C11H14Na3O6P. The molecule has 1 aromatic rings. The van der Waals surface area contributed by atoms with Gasteiger partial charge in [-0.2, -0.15) is 7.82 Å². The molecule has 0 N–H and O–H groups in total. The van der Waals surface area contributed by atoms with Crippen molar-refractivity contribution in [3.05, 3.63) is 43.0 Å². The Hall–Kier alpha value is 1.83. The summed E-state index contributed by atoms with van der Waals surface area (Å²) in [6.45, 7) is 6.12. The minimum absolute atomic E-state index is 0. The van der Waals surface area contributed by atoms with Crippen molar-refractivity contribution in [1.82, 2.24) is 0 Å². The molecule has 0 spiro atoms. The Morgan fingerprint density at radius 2 is 1.52 bits per heavy atom. The summed E-state index contributed by atoms with van der Waals surface area (Å²) >= 11 is 0. The van der Waals surface area contributed by atoms with Crippen LogP contribution in [0.4, 0.5) is 0 Å². The number of phosphoric acid groups is 1. The number of rotatable bonds is 3. The van der Waals surface area contributed by atoms with E-state index in [-0.39, 0.29) is 88.7 Å². The third-order valence-corrected chi connectivity index (χ3v) is 1.32. The molecule has 0 bridgehead atoms. The summed E-state index contributed by atoms with van der Waals surface area (Å²) in [6.07, 6.45) is 1.73. The predicted octanol–water partition coefficient (Wildman–Crippen LogP) is -9.54. The molecule has 0 radical (unpaired) electrons. The van der Waals surface area contributed by atoms with E-state index in [0.29, 0.717) is 6.61 Å². The van der Waals surface area contributed by atoms with Crippen LogP contribution in [0.2, 0.25) is 0 Å². The number of hydrogen-bond acceptors (Lipinski definition) is 6. The average Bonchev–Trinajstić information content (AvgIpc) is 3.13. The Bertz CT molecular complexity index is 360. The summed E-state index contributed by atoms with van der Waals surface area (Å²) in [4.78, 5) is 25.6. The number of ether oxygens (including phenoxy) is 2. The fourth-order valence-corrected chi connectivity index (χ4v) is 0.672. The predicted molar refractivity (Wildman–Crippen MR) is 60.6 cm³/mol. The van der Waals surface area contributed by atoms with Crippen LogP contribution in [0.1, 0.15) is 0 Å². The third-order valence-electron chi connectivity index (χ3n) is 1.32. The Morgan fingerprint density at radius 3 is 1.81 bits per heavy atom. The molecular weight excluding hydrogens is 328 g/mol. The zero-order chi connectivity index (χ0) is 13.9. The molecule has 0 aromatic heterocycles. The summed E-state index contributed by atoms with van der Waals surface area (Å²) in [7, 11) is -5.39. The molecule has 1 heterocycles. The molecule has 0 unspecified atom stereocenters. The number of hydrogen-bond donors (Lipinski definition) is 0. The molecule has 0 aliphatic carbocycles. The van der Waals surface area contributed by atoms with Crippen molar-refractivity contribution < 1.29 is 117 Å². The SMILES string of the molecule is C1CO1.C=CCOc1ccccc1.O=P([O-])([O-])[O-].[Na+].[Na+].[Na+]. The fraction of sp³-hybridized carbons (Fsp3) is 0.273. The van der Waals surface area contributed by atoms with Crippen LogP contribution in [0.5, 0.6) is 5.75 Å². The molecule has 6 nitrogen and oxygen atoms in total. The van der Waals surface area contributed by atoms with Gasteiger partial charge in [0.2, 0.25) is 0 Å². The molecule has 1 fully saturated rings. The first kappa shape index (κ1) is 30.7. The van der Waals surface area contributed by atoms with Gasteiger partial charge < -0.3 is 28.7 Å². The Balaban J connectivity index is -0.000000113. The van der Waals surface area contributed by atoms with Crippen LogP contribution < -0.4 is 108 Å². The topological polar surface area (TPSA) is 108 Å². The molecule has 10 heteroatoms. The number of para-hydroxylation sites is 1. The van der Waals surface area contributed by atoms with Crippen molar-refractivity contribution in [3.8, 4) is 5.75 Å². The largest absolute Gasteiger partial charge is 1.00 e. The summed E-state index contributed by atoms with van der Waals surface area (Å²) in [6, 6.07) is 9.69. The van der Waals surface area contributed by atoms with Crippen LogP contribution in [0.25, 0.3) is 0 Å². The summed E-state index contributed by atoms with van der Waals surface area (Å²) in [5, 5.41) is 0. The van der Waals surface area contributed by atoms with E-state index < -0.39 is 7.82 Å². The molecule has 2 rings (SSSR count). The minimum atomic E-state index is -5.39. The molecule has 1 saturated heterocycles. The molecule has 0 saturated carbocycles. The van der Waals surface area contributed by atoms with Gasteiger partial charge in [-0.3, -0.25) is 0 Å². The Morgan fingerprint density at radius 1 is 1.14 bits per heavy atom. The summed E-state index contributed by atoms with van der Waals surface area (Å²) < 4.78 is 18.3. The Labute approximate surface area is 191 Å². The van der Waals surface area contributed by atoms with E-state index in [1.807, 2.05) is 30.3 Å². The second-order valence-corrected chi connectivity index (χ2v) is 3.87. The van der Waals surface area contributed by atoms with Gasteiger partial charge in [0.25, 0.3) is 0 Å². The van der Waals surface area contributed by atoms with E-state index in [2.05, 4.69) is 11.3 Å². The van der Waals surface area contributed by atoms with E-state index in [9.17, 15) is 0 Å². The smallest absolute Gasteiger partial charge is 0.822 e. The quantitative estimate of drug-likeness (QED) is 0.234. The van der Waals surface area contributed by atoms with Crippen LogP contribution in [0, 0.1) is 0 Å². The van der Waals surface area contributed by atoms with Gasteiger partial charge in [-0.05, 0) is 12.1 Å². The molecule has 1 aromatic carbocycles. The van der Waals surface area contributed by atoms with Crippen LogP contribution in [0.15, 0.2) is 43.0 Å². The van der Waals surface area contributed by atoms with Crippen molar-refractivity contribution in [3.63, 3.8) is 0 Å². The maximum absolute atomic E-state index is 8.55. The summed E-state index contributed by atoms with van der Waals surface area (Å²) in [5.41, 5.74) is 0. The van der Waals surface area contributed by atoms with E-state index in [1.54, 1.807) is 6.08 Å². The van der Waals surface area contributed by atoms with Crippen LogP contribution in [-0.2, 0) is 9.30 Å². The molecule has 1 aliphatic rings. The van der Waals surface area contributed by atoms with Gasteiger partial charge >= 0.3 is 88.7 Å². The maximum atomic E-state index is 8.55. The normalized spacial score (nSPS) is 10.4. The van der Waals surface area contributed by atoms with Crippen LogP contribution in [-0.4, -0.2) is 19.8 Å². The van der Waals surface area contributed by atoms with E-state index in [1.165, 1.54) is 0 Å². The van der Waals surface area contributed by atoms with Gasteiger partial charge in [-0.25, -0.2) is 0 Å². The van der Waals surface area contributed by atoms with Crippen molar-refractivity contribution in [2.24, 2.45) is 0 Å². The molecule has 102 valence electrons. The van der Waals surface area contributed by atoms with Gasteiger partial charge in [-0.15, -0.1) is 0 Å². The first-order valence-corrected chi connectivity index (χ1v) is 6.49. The second-order valence-electron chi connectivity index (χ2n) is 2.97. The van der Waals surface area contributed by atoms with E-state index in [0.717, 1.165) is 19.0 Å². The number of epoxide rings is 1. The number of benzene rings is 1. The van der Waals surface area contributed by atoms with Crippen molar-refractivity contribution >= 4 is 7.82 Å². The maximum Gasteiger partial charge on any atom is 1.00 e. The molecule has 1 aliphatic heterocycles. The first-order chi connectivity index (χ1) is 8.43. The minimum Gasteiger partial charge on any atom is -0.822 e. The van der Waals surface area contributed by atoms with Crippen LogP contribution in [0.3, 0.4) is 0 Å². The monoisotopic (exact) mass is 342 g/mol. The first-order valence-electron chi connectivity index (χ1n) is 5.03. The Kier molecular flexibility index (Phi) is 29.0. The van der Waals surface area contributed by atoms with Gasteiger partial charge in [0.1, 0.15) is 12.4 Å². The zero-order valence-corrected chi connectivity index (χ0v) is 19.6.